The number of aryl methyl sites for hydroxylation is 1. The van der Waals surface area contributed by atoms with Crippen molar-refractivity contribution in [1.82, 2.24) is 15.6 Å². The molecule has 9 heteroatoms. The van der Waals surface area contributed by atoms with E-state index >= 15 is 0 Å². The van der Waals surface area contributed by atoms with E-state index < -0.39 is 0 Å². The van der Waals surface area contributed by atoms with E-state index in [1.807, 2.05) is 6.20 Å². The van der Waals surface area contributed by atoms with Crippen LogP contribution in [0.3, 0.4) is 0 Å². The Morgan fingerprint density at radius 1 is 1.23 bits per heavy atom. The SMILES string of the molecule is CN=C(NCCc1ncc(C)s1)NCc1cc(OC)c(O)c(OC)c1.I. The summed E-state index contributed by atoms with van der Waals surface area (Å²) in [7, 11) is 4.74. The van der Waals surface area contributed by atoms with Gasteiger partial charge in [0.05, 0.1) is 19.2 Å². The minimum absolute atomic E-state index is 0. The van der Waals surface area contributed by atoms with Crippen LogP contribution < -0.4 is 20.1 Å². The van der Waals surface area contributed by atoms with Gasteiger partial charge in [0.15, 0.2) is 17.5 Å². The molecule has 26 heavy (non-hydrogen) atoms. The summed E-state index contributed by atoms with van der Waals surface area (Å²) in [5, 5.41) is 17.5. The number of rotatable bonds is 7. The van der Waals surface area contributed by atoms with Gasteiger partial charge in [-0.05, 0) is 24.6 Å². The topological polar surface area (TPSA) is 88.0 Å². The van der Waals surface area contributed by atoms with Crippen LogP contribution >= 0.6 is 35.3 Å². The summed E-state index contributed by atoms with van der Waals surface area (Å²) in [6, 6.07) is 3.52. The van der Waals surface area contributed by atoms with Crippen molar-refractivity contribution >= 4 is 41.3 Å². The van der Waals surface area contributed by atoms with Crippen molar-refractivity contribution in [3.8, 4) is 17.2 Å². The first kappa shape index (κ1) is 22.3. The van der Waals surface area contributed by atoms with E-state index in [0.717, 1.165) is 23.5 Å². The highest BCUT2D eigenvalue weighted by molar-refractivity contribution is 14.0. The number of thiazole rings is 1. The quantitative estimate of drug-likeness (QED) is 0.313. The Morgan fingerprint density at radius 3 is 2.38 bits per heavy atom. The maximum atomic E-state index is 9.95. The van der Waals surface area contributed by atoms with Crippen LogP contribution in [0.4, 0.5) is 0 Å². The molecule has 0 aliphatic carbocycles. The maximum Gasteiger partial charge on any atom is 0.200 e. The largest absolute Gasteiger partial charge is 0.502 e. The predicted molar refractivity (Wildman–Crippen MR) is 115 cm³/mol. The van der Waals surface area contributed by atoms with Gasteiger partial charge in [-0.15, -0.1) is 35.3 Å². The van der Waals surface area contributed by atoms with Gasteiger partial charge < -0.3 is 25.2 Å². The fourth-order valence-corrected chi connectivity index (χ4v) is 3.05. The van der Waals surface area contributed by atoms with E-state index in [1.165, 1.54) is 19.1 Å². The van der Waals surface area contributed by atoms with Gasteiger partial charge in [0.1, 0.15) is 0 Å². The number of ether oxygens (including phenoxy) is 2. The first-order valence-corrected chi connectivity index (χ1v) is 8.68. The van der Waals surface area contributed by atoms with Crippen LogP contribution in [-0.2, 0) is 13.0 Å². The number of aromatic hydroxyl groups is 1. The van der Waals surface area contributed by atoms with Crippen molar-refractivity contribution in [3.05, 3.63) is 33.8 Å². The van der Waals surface area contributed by atoms with Gasteiger partial charge in [0.25, 0.3) is 0 Å². The molecular formula is C17H25IN4O3S. The zero-order valence-electron chi connectivity index (χ0n) is 15.3. The van der Waals surface area contributed by atoms with E-state index in [4.69, 9.17) is 9.47 Å². The molecular weight excluding hydrogens is 467 g/mol. The van der Waals surface area contributed by atoms with E-state index in [2.05, 4.69) is 27.5 Å². The molecule has 0 unspecified atom stereocenters. The number of phenolic OH excluding ortho intramolecular Hbond substituents is 1. The Labute approximate surface area is 174 Å². The van der Waals surface area contributed by atoms with Crippen LogP contribution in [0.5, 0.6) is 17.2 Å². The van der Waals surface area contributed by atoms with Gasteiger partial charge in [0, 0.05) is 37.6 Å². The van der Waals surface area contributed by atoms with Crippen molar-refractivity contribution in [2.75, 3.05) is 27.8 Å². The first-order valence-electron chi connectivity index (χ1n) is 7.87. The minimum Gasteiger partial charge on any atom is -0.502 e. The number of guanidine groups is 1. The van der Waals surface area contributed by atoms with Gasteiger partial charge in [-0.2, -0.15) is 0 Å². The van der Waals surface area contributed by atoms with Crippen molar-refractivity contribution in [3.63, 3.8) is 0 Å². The van der Waals surface area contributed by atoms with Crippen LogP contribution in [0.1, 0.15) is 15.4 Å². The molecule has 0 aliphatic rings. The van der Waals surface area contributed by atoms with Gasteiger partial charge in [-0.3, -0.25) is 4.99 Å². The third-order valence-corrected chi connectivity index (χ3v) is 4.50. The molecule has 144 valence electrons. The molecule has 2 aromatic rings. The molecule has 0 fully saturated rings. The lowest BCUT2D eigenvalue weighted by atomic mass is 10.2. The zero-order chi connectivity index (χ0) is 18.2. The highest BCUT2D eigenvalue weighted by atomic mass is 127. The van der Waals surface area contributed by atoms with Crippen LogP contribution in [0.15, 0.2) is 23.3 Å². The van der Waals surface area contributed by atoms with Gasteiger partial charge in [-0.1, -0.05) is 0 Å². The fourth-order valence-electron chi connectivity index (χ4n) is 2.26. The smallest absolute Gasteiger partial charge is 0.200 e. The molecule has 0 spiro atoms. The molecule has 0 saturated heterocycles. The van der Waals surface area contributed by atoms with Crippen LogP contribution in [0.25, 0.3) is 0 Å². The van der Waals surface area contributed by atoms with E-state index in [-0.39, 0.29) is 29.7 Å². The van der Waals surface area contributed by atoms with Gasteiger partial charge in [-0.25, -0.2) is 4.98 Å². The van der Waals surface area contributed by atoms with E-state index in [9.17, 15) is 5.11 Å². The monoisotopic (exact) mass is 492 g/mol. The number of nitrogens with one attached hydrogen (secondary N) is 2. The Balaban J connectivity index is 0.00000338. The third kappa shape index (κ3) is 6.20. The number of aromatic nitrogens is 1. The lowest BCUT2D eigenvalue weighted by Crippen LogP contribution is -2.37. The standard InChI is InChI=1S/C17H24N4O3S.HI/c1-11-9-20-15(25-11)5-6-19-17(18-2)21-10-12-7-13(23-3)16(22)14(8-12)24-4;/h7-9,22H,5-6,10H2,1-4H3,(H2,18,19,21);1H. The van der Waals surface area contributed by atoms with Crippen molar-refractivity contribution in [1.29, 1.82) is 0 Å². The second-order valence-corrected chi connectivity index (χ2v) is 6.64. The number of hydrogen-bond acceptors (Lipinski definition) is 6. The Morgan fingerprint density at radius 2 is 1.88 bits per heavy atom. The molecule has 0 bridgehead atoms. The summed E-state index contributed by atoms with van der Waals surface area (Å²) in [5.41, 5.74) is 0.907. The summed E-state index contributed by atoms with van der Waals surface area (Å²) in [6.45, 7) is 3.31. The summed E-state index contributed by atoms with van der Waals surface area (Å²) in [4.78, 5) is 9.77. The molecule has 0 radical (unpaired) electrons. The van der Waals surface area contributed by atoms with Crippen LogP contribution in [0.2, 0.25) is 0 Å². The number of nitrogens with zero attached hydrogens (tertiary/aromatic N) is 2. The molecule has 1 aromatic carbocycles. The number of aliphatic imine (C=N–C) groups is 1. The lowest BCUT2D eigenvalue weighted by Gasteiger charge is -2.14. The average Bonchev–Trinajstić information content (AvgIpc) is 3.03. The molecule has 0 saturated carbocycles. The molecule has 2 rings (SSSR count). The molecule has 0 aliphatic heterocycles. The fraction of sp³-hybridized carbons (Fsp3) is 0.412. The highest BCUT2D eigenvalue weighted by Gasteiger charge is 2.11. The number of methoxy groups -OCH3 is 2. The number of halogens is 1. The Kier molecular flexibility index (Phi) is 9.49. The predicted octanol–water partition coefficient (Wildman–Crippen LogP) is 2.70. The summed E-state index contributed by atoms with van der Waals surface area (Å²) in [6.07, 6.45) is 2.73. The number of benzene rings is 1. The van der Waals surface area contributed by atoms with Crippen LogP contribution in [-0.4, -0.2) is 43.9 Å². The zero-order valence-corrected chi connectivity index (χ0v) is 18.5. The van der Waals surface area contributed by atoms with Crippen LogP contribution in [0, 0.1) is 6.92 Å². The molecule has 7 nitrogen and oxygen atoms in total. The van der Waals surface area contributed by atoms with Crippen molar-refractivity contribution in [2.45, 2.75) is 19.9 Å². The summed E-state index contributed by atoms with van der Waals surface area (Å²) >= 11 is 1.70. The lowest BCUT2D eigenvalue weighted by molar-refractivity contribution is 0.339. The van der Waals surface area contributed by atoms with E-state index in [0.29, 0.717) is 24.0 Å². The van der Waals surface area contributed by atoms with E-state index in [1.54, 1.807) is 30.5 Å². The summed E-state index contributed by atoms with van der Waals surface area (Å²) < 4.78 is 10.3. The first-order chi connectivity index (χ1) is 12.1. The third-order valence-electron chi connectivity index (χ3n) is 3.52. The molecule has 0 amide bonds. The molecule has 3 N–H and O–H groups in total. The van der Waals surface area contributed by atoms with Crippen molar-refractivity contribution in [2.24, 2.45) is 4.99 Å². The van der Waals surface area contributed by atoms with Gasteiger partial charge >= 0.3 is 0 Å². The van der Waals surface area contributed by atoms with Gasteiger partial charge in [0.2, 0.25) is 5.75 Å². The Hall–Kier alpha value is -1.75. The minimum atomic E-state index is -0.00463. The second-order valence-electron chi connectivity index (χ2n) is 5.32. The normalized spacial score (nSPS) is 10.8. The molecule has 1 aromatic heterocycles. The Bertz CT molecular complexity index is 712. The highest BCUT2D eigenvalue weighted by Crippen LogP contribution is 2.36. The molecule has 1 heterocycles. The molecule has 0 atom stereocenters. The number of phenols is 1. The van der Waals surface area contributed by atoms with Crippen molar-refractivity contribution < 1.29 is 14.6 Å². The summed E-state index contributed by atoms with van der Waals surface area (Å²) in [5.74, 6) is 1.44. The maximum absolute atomic E-state index is 9.95. The number of hydrogen-bond donors (Lipinski definition) is 3. The second kappa shape index (κ2) is 11.1. The average molecular weight is 492 g/mol.